The quantitative estimate of drug-likeness (QED) is 0.701. The van der Waals surface area contributed by atoms with Gasteiger partial charge in [0.1, 0.15) is 5.25 Å². The van der Waals surface area contributed by atoms with Crippen LogP contribution in [0.4, 0.5) is 0 Å². The van der Waals surface area contributed by atoms with Crippen LogP contribution >= 0.6 is 11.8 Å². The molecule has 2 aliphatic heterocycles. The van der Waals surface area contributed by atoms with Crippen LogP contribution in [-0.4, -0.2) is 57.2 Å². The van der Waals surface area contributed by atoms with Gasteiger partial charge >= 0.3 is 0 Å². The first-order valence-electron chi connectivity index (χ1n) is 10.1. The Labute approximate surface area is 179 Å². The van der Waals surface area contributed by atoms with Crippen LogP contribution in [0, 0.1) is 6.92 Å². The molecule has 2 atom stereocenters. The number of carbonyl (C=O) groups is 1. The lowest BCUT2D eigenvalue weighted by molar-refractivity contribution is -0.135. The molecule has 7 nitrogen and oxygen atoms in total. The van der Waals surface area contributed by atoms with Crippen LogP contribution < -0.4 is 5.43 Å². The van der Waals surface area contributed by atoms with Gasteiger partial charge in [0.15, 0.2) is 5.82 Å². The fourth-order valence-electron chi connectivity index (χ4n) is 3.81. The number of aromatic nitrogens is 3. The van der Waals surface area contributed by atoms with Gasteiger partial charge in [-0.25, -0.2) is 4.68 Å². The van der Waals surface area contributed by atoms with Gasteiger partial charge in [-0.1, -0.05) is 71.9 Å². The lowest BCUT2D eigenvalue weighted by Crippen LogP contribution is -2.49. The minimum Gasteiger partial charge on any atom is -0.378 e. The Morgan fingerprint density at radius 3 is 2.53 bits per heavy atom. The van der Waals surface area contributed by atoms with Gasteiger partial charge in [0.25, 0.3) is 0 Å². The van der Waals surface area contributed by atoms with E-state index in [0.717, 1.165) is 17.0 Å². The molecule has 0 radical (unpaired) electrons. The maximum atomic E-state index is 13.4. The summed E-state index contributed by atoms with van der Waals surface area (Å²) in [6, 6.07) is 18.1. The van der Waals surface area contributed by atoms with Crippen molar-refractivity contribution in [1.82, 2.24) is 19.8 Å². The second-order valence-corrected chi connectivity index (χ2v) is 8.61. The number of fused-ring (bicyclic) bond motifs is 1. The fourth-order valence-corrected chi connectivity index (χ4v) is 4.97. The molecule has 1 fully saturated rings. The minimum atomic E-state index is -0.328. The predicted octanol–water partition coefficient (Wildman–Crippen LogP) is 2.87. The Bertz CT molecular complexity index is 1030. The summed E-state index contributed by atoms with van der Waals surface area (Å²) in [5.41, 5.74) is 6.77. The Balaban J connectivity index is 1.53. The van der Waals surface area contributed by atoms with E-state index in [2.05, 4.69) is 46.8 Å². The highest BCUT2D eigenvalue weighted by atomic mass is 32.2. The average Bonchev–Trinajstić information content (AvgIpc) is 3.22. The molecule has 3 aromatic rings. The molecule has 3 heterocycles. The van der Waals surface area contributed by atoms with E-state index in [0.29, 0.717) is 31.5 Å². The molecule has 8 heteroatoms. The molecule has 0 aliphatic carbocycles. The number of ether oxygens (including phenoxy) is 1. The summed E-state index contributed by atoms with van der Waals surface area (Å²) in [6.07, 6.45) is 0. The van der Waals surface area contributed by atoms with E-state index in [-0.39, 0.29) is 17.2 Å². The van der Waals surface area contributed by atoms with Crippen molar-refractivity contribution < 1.29 is 9.53 Å². The highest BCUT2D eigenvalue weighted by Gasteiger charge is 2.40. The number of morpholine rings is 1. The van der Waals surface area contributed by atoms with Crippen molar-refractivity contribution >= 4 is 17.7 Å². The molecule has 1 amide bonds. The second-order valence-electron chi connectivity index (χ2n) is 7.50. The van der Waals surface area contributed by atoms with Gasteiger partial charge in [-0.2, -0.15) is 0 Å². The van der Waals surface area contributed by atoms with Gasteiger partial charge in [-0.3, -0.25) is 4.79 Å². The highest BCUT2D eigenvalue weighted by Crippen LogP contribution is 2.39. The van der Waals surface area contributed by atoms with Crippen molar-refractivity contribution in [2.24, 2.45) is 0 Å². The molecule has 5 rings (SSSR count). The van der Waals surface area contributed by atoms with E-state index in [1.807, 2.05) is 39.9 Å². The number of nitrogens with one attached hydrogen (secondary N) is 1. The molecular formula is C22H23N5O2S. The summed E-state index contributed by atoms with van der Waals surface area (Å²) in [7, 11) is 0. The average molecular weight is 422 g/mol. The first kappa shape index (κ1) is 19.1. The highest BCUT2D eigenvalue weighted by molar-refractivity contribution is 8.00. The van der Waals surface area contributed by atoms with Crippen molar-refractivity contribution in [3.63, 3.8) is 0 Å². The second kappa shape index (κ2) is 8.12. The van der Waals surface area contributed by atoms with Crippen LogP contribution in [0.5, 0.6) is 0 Å². The lowest BCUT2D eigenvalue weighted by atomic mass is 10.0. The summed E-state index contributed by atoms with van der Waals surface area (Å²) >= 11 is 1.48. The Morgan fingerprint density at radius 1 is 1.07 bits per heavy atom. The topological polar surface area (TPSA) is 72.3 Å². The van der Waals surface area contributed by atoms with Crippen molar-refractivity contribution in [2.45, 2.75) is 23.4 Å². The normalized spacial score (nSPS) is 21.0. The zero-order valence-electron chi connectivity index (χ0n) is 16.7. The number of carbonyl (C=O) groups excluding carboxylic acids is 1. The standard InChI is InChI=1S/C22H23N5O2S/c1-15-7-9-16(10-8-15)18-19(21(28)26-11-13-29-14-12-26)30-22-24-23-20(27(22)25-18)17-5-3-2-4-6-17/h2-10,18-19,25H,11-14H2,1H3/t18-,19-/m1/s1. The van der Waals surface area contributed by atoms with E-state index >= 15 is 0 Å². The smallest absolute Gasteiger partial charge is 0.238 e. The van der Waals surface area contributed by atoms with Crippen LogP contribution in [0.3, 0.4) is 0 Å². The van der Waals surface area contributed by atoms with E-state index < -0.39 is 0 Å². The molecular weight excluding hydrogens is 398 g/mol. The van der Waals surface area contributed by atoms with Crippen molar-refractivity contribution in [1.29, 1.82) is 0 Å². The largest absolute Gasteiger partial charge is 0.378 e. The maximum Gasteiger partial charge on any atom is 0.238 e. The number of amides is 1. The molecule has 2 aromatic carbocycles. The third kappa shape index (κ3) is 3.57. The monoisotopic (exact) mass is 421 g/mol. The maximum absolute atomic E-state index is 13.4. The Hall–Kier alpha value is -2.84. The fraction of sp³-hybridized carbons (Fsp3) is 0.318. The van der Waals surface area contributed by atoms with Gasteiger partial charge in [0.05, 0.1) is 19.3 Å². The van der Waals surface area contributed by atoms with Crippen LogP contribution in [0.25, 0.3) is 11.4 Å². The lowest BCUT2D eigenvalue weighted by Gasteiger charge is -2.37. The van der Waals surface area contributed by atoms with Gasteiger partial charge < -0.3 is 15.1 Å². The van der Waals surface area contributed by atoms with Crippen LogP contribution in [0.2, 0.25) is 0 Å². The zero-order valence-corrected chi connectivity index (χ0v) is 17.5. The number of rotatable bonds is 3. The zero-order chi connectivity index (χ0) is 20.5. The molecule has 0 spiro atoms. The summed E-state index contributed by atoms with van der Waals surface area (Å²) in [6.45, 7) is 4.48. The molecule has 30 heavy (non-hydrogen) atoms. The van der Waals surface area contributed by atoms with E-state index in [1.165, 1.54) is 17.3 Å². The molecule has 0 saturated carbocycles. The van der Waals surface area contributed by atoms with Crippen molar-refractivity contribution in [3.05, 3.63) is 65.7 Å². The minimum absolute atomic E-state index is 0.108. The SMILES string of the molecule is Cc1ccc([C@H]2Nn3c(nnc3-c3ccccc3)S[C@H]2C(=O)N2CCOCC2)cc1. The number of hydrogen-bond acceptors (Lipinski definition) is 6. The number of nitrogens with zero attached hydrogens (tertiary/aromatic N) is 4. The summed E-state index contributed by atoms with van der Waals surface area (Å²) in [5, 5.41) is 9.14. The molecule has 0 bridgehead atoms. The van der Waals surface area contributed by atoms with Crippen LogP contribution in [0.1, 0.15) is 17.2 Å². The van der Waals surface area contributed by atoms with Gasteiger partial charge in [-0.05, 0) is 12.5 Å². The molecule has 0 unspecified atom stereocenters. The van der Waals surface area contributed by atoms with Crippen molar-refractivity contribution in [2.75, 3.05) is 31.7 Å². The summed E-state index contributed by atoms with van der Waals surface area (Å²) in [5.74, 6) is 0.851. The number of thioether (sulfide) groups is 1. The van der Waals surface area contributed by atoms with Crippen molar-refractivity contribution in [3.8, 4) is 11.4 Å². The van der Waals surface area contributed by atoms with E-state index in [4.69, 9.17) is 4.74 Å². The Kier molecular flexibility index (Phi) is 5.18. The Morgan fingerprint density at radius 2 is 1.80 bits per heavy atom. The van der Waals surface area contributed by atoms with E-state index in [9.17, 15) is 4.79 Å². The first-order valence-corrected chi connectivity index (χ1v) is 11.0. The first-order chi connectivity index (χ1) is 14.7. The number of benzene rings is 2. The molecule has 1 saturated heterocycles. The van der Waals surface area contributed by atoms with Crippen LogP contribution in [-0.2, 0) is 9.53 Å². The third-order valence-corrected chi connectivity index (χ3v) is 6.67. The van der Waals surface area contributed by atoms with Gasteiger partial charge in [0, 0.05) is 18.7 Å². The molecule has 1 N–H and O–H groups in total. The van der Waals surface area contributed by atoms with Crippen LogP contribution in [0.15, 0.2) is 59.8 Å². The number of aryl methyl sites for hydroxylation is 1. The summed E-state index contributed by atoms with van der Waals surface area (Å²) < 4.78 is 7.34. The number of hydrogen-bond donors (Lipinski definition) is 1. The van der Waals surface area contributed by atoms with E-state index in [1.54, 1.807) is 0 Å². The summed E-state index contributed by atoms with van der Waals surface area (Å²) in [4.78, 5) is 15.3. The molecule has 2 aliphatic rings. The van der Waals surface area contributed by atoms with Gasteiger partial charge in [0.2, 0.25) is 11.1 Å². The van der Waals surface area contributed by atoms with Gasteiger partial charge in [-0.15, -0.1) is 10.2 Å². The predicted molar refractivity (Wildman–Crippen MR) is 116 cm³/mol. The molecule has 1 aromatic heterocycles. The molecule has 154 valence electrons. The third-order valence-electron chi connectivity index (χ3n) is 5.47.